The number of carbonyl (C=O) groups is 3. The maximum atomic E-state index is 12.3. The van der Waals surface area contributed by atoms with Gasteiger partial charge >= 0.3 is 17.9 Å². The van der Waals surface area contributed by atoms with E-state index in [4.69, 9.17) is 9.47 Å². The molecule has 128 valence electrons. The highest BCUT2D eigenvalue weighted by Gasteiger charge is 2.59. The van der Waals surface area contributed by atoms with Gasteiger partial charge in [-0.25, -0.2) is 9.59 Å². The van der Waals surface area contributed by atoms with E-state index in [0.717, 1.165) is 0 Å². The lowest BCUT2D eigenvalue weighted by molar-refractivity contribution is -0.154. The molecule has 1 aliphatic heterocycles. The maximum absolute atomic E-state index is 12.3. The van der Waals surface area contributed by atoms with Crippen LogP contribution in [-0.4, -0.2) is 47.9 Å². The standard InChI is InChI=1S/C17H18O7/c1-22-13(18)7-11-8-17(21)9-12(23-16(17)20)14(11)24-15(19)10-5-3-2-4-6-10/h2-6,11-12,14,21H,7-9H2,1H3/t11-,12+,14+,17-/m0/s1. The third-order valence-corrected chi connectivity index (χ3v) is 4.52. The van der Waals surface area contributed by atoms with Crippen molar-refractivity contribution < 1.29 is 33.7 Å². The predicted molar refractivity (Wildman–Crippen MR) is 79.8 cm³/mol. The number of ether oxygens (including phenoxy) is 3. The monoisotopic (exact) mass is 334 g/mol. The minimum absolute atomic E-state index is 0.00975. The van der Waals surface area contributed by atoms with Crippen LogP contribution in [-0.2, 0) is 23.8 Å². The lowest BCUT2D eigenvalue weighted by Crippen LogP contribution is -2.48. The van der Waals surface area contributed by atoms with E-state index >= 15 is 0 Å². The maximum Gasteiger partial charge on any atom is 0.338 e. The topological polar surface area (TPSA) is 99.1 Å². The number of hydrogen-bond donors (Lipinski definition) is 1. The molecule has 1 saturated carbocycles. The molecule has 3 rings (SSSR count). The van der Waals surface area contributed by atoms with Crippen LogP contribution in [0.25, 0.3) is 0 Å². The number of fused-ring (bicyclic) bond motifs is 2. The second-order valence-corrected chi connectivity index (χ2v) is 6.16. The van der Waals surface area contributed by atoms with Gasteiger partial charge in [0.15, 0.2) is 5.60 Å². The number of esters is 3. The Kier molecular flexibility index (Phi) is 4.28. The summed E-state index contributed by atoms with van der Waals surface area (Å²) in [4.78, 5) is 35.8. The summed E-state index contributed by atoms with van der Waals surface area (Å²) < 4.78 is 15.3. The van der Waals surface area contributed by atoms with Crippen LogP contribution in [0.4, 0.5) is 0 Å². The summed E-state index contributed by atoms with van der Waals surface area (Å²) in [5.74, 6) is -2.36. The summed E-state index contributed by atoms with van der Waals surface area (Å²) in [5.41, 5.74) is -1.27. The first-order chi connectivity index (χ1) is 11.4. The van der Waals surface area contributed by atoms with Gasteiger partial charge in [0, 0.05) is 12.3 Å². The Morgan fingerprint density at radius 3 is 2.67 bits per heavy atom. The molecule has 0 spiro atoms. The normalized spacial score (nSPS) is 31.2. The fourth-order valence-corrected chi connectivity index (χ4v) is 3.33. The number of benzene rings is 1. The van der Waals surface area contributed by atoms with Crippen LogP contribution in [0.3, 0.4) is 0 Å². The molecule has 0 amide bonds. The van der Waals surface area contributed by atoms with Crippen molar-refractivity contribution in [3.05, 3.63) is 35.9 Å². The lowest BCUT2D eigenvalue weighted by atomic mass is 9.75. The predicted octanol–water partition coefficient (Wildman–Crippen LogP) is 0.842. The summed E-state index contributed by atoms with van der Waals surface area (Å²) in [6.45, 7) is 0. The Morgan fingerprint density at radius 1 is 1.29 bits per heavy atom. The Labute approximate surface area is 138 Å². The zero-order chi connectivity index (χ0) is 17.3. The molecule has 1 heterocycles. The van der Waals surface area contributed by atoms with E-state index in [1.54, 1.807) is 30.3 Å². The van der Waals surface area contributed by atoms with E-state index in [-0.39, 0.29) is 19.3 Å². The van der Waals surface area contributed by atoms with Gasteiger partial charge < -0.3 is 19.3 Å². The molecule has 24 heavy (non-hydrogen) atoms. The zero-order valence-corrected chi connectivity index (χ0v) is 13.1. The highest BCUT2D eigenvalue weighted by molar-refractivity contribution is 5.89. The molecular weight excluding hydrogens is 316 g/mol. The van der Waals surface area contributed by atoms with Gasteiger partial charge in [-0.05, 0) is 18.6 Å². The van der Waals surface area contributed by atoms with Crippen molar-refractivity contribution in [1.82, 2.24) is 0 Å². The average molecular weight is 334 g/mol. The number of methoxy groups -OCH3 is 1. The van der Waals surface area contributed by atoms with Crippen LogP contribution >= 0.6 is 0 Å². The molecule has 1 aromatic rings. The van der Waals surface area contributed by atoms with Crippen molar-refractivity contribution >= 4 is 17.9 Å². The molecule has 1 aliphatic carbocycles. The van der Waals surface area contributed by atoms with Crippen LogP contribution in [0, 0.1) is 5.92 Å². The van der Waals surface area contributed by atoms with E-state index < -0.39 is 41.6 Å². The fraction of sp³-hybridized carbons (Fsp3) is 0.471. The van der Waals surface area contributed by atoms with Gasteiger partial charge in [0.1, 0.15) is 12.2 Å². The van der Waals surface area contributed by atoms with E-state index in [0.29, 0.717) is 5.56 Å². The van der Waals surface area contributed by atoms with Crippen LogP contribution < -0.4 is 0 Å². The smallest absolute Gasteiger partial charge is 0.338 e. The molecule has 2 bridgehead atoms. The van der Waals surface area contributed by atoms with E-state index in [2.05, 4.69) is 4.74 Å². The van der Waals surface area contributed by atoms with Crippen molar-refractivity contribution in [2.24, 2.45) is 5.92 Å². The summed E-state index contributed by atoms with van der Waals surface area (Å²) in [6, 6.07) is 8.40. The van der Waals surface area contributed by atoms with Gasteiger partial charge in [0.05, 0.1) is 19.1 Å². The molecule has 2 fully saturated rings. The zero-order valence-electron chi connectivity index (χ0n) is 13.1. The molecule has 1 N–H and O–H groups in total. The number of rotatable bonds is 4. The fourth-order valence-electron chi connectivity index (χ4n) is 3.33. The first-order valence-electron chi connectivity index (χ1n) is 7.69. The molecular formula is C17H18O7. The summed E-state index contributed by atoms with van der Waals surface area (Å²) in [5, 5.41) is 10.3. The van der Waals surface area contributed by atoms with Crippen LogP contribution in [0.15, 0.2) is 30.3 Å². The Bertz CT molecular complexity index is 656. The minimum Gasteiger partial charge on any atom is -0.469 e. The van der Waals surface area contributed by atoms with Gasteiger partial charge in [-0.1, -0.05) is 18.2 Å². The number of aliphatic hydroxyl groups is 1. The third-order valence-electron chi connectivity index (χ3n) is 4.52. The number of carbonyl (C=O) groups excluding carboxylic acids is 3. The Hall–Kier alpha value is -2.41. The molecule has 2 aliphatic rings. The average Bonchev–Trinajstić information content (AvgIpc) is 2.82. The molecule has 0 unspecified atom stereocenters. The molecule has 1 saturated heterocycles. The SMILES string of the molecule is COC(=O)C[C@H]1C[C@]2(O)C[C@@H](OC2=O)[C@@H]1OC(=O)c1ccccc1. The van der Waals surface area contributed by atoms with E-state index in [9.17, 15) is 19.5 Å². The van der Waals surface area contributed by atoms with Crippen LogP contribution in [0.1, 0.15) is 29.6 Å². The number of hydrogen-bond acceptors (Lipinski definition) is 7. The highest BCUT2D eigenvalue weighted by atomic mass is 16.6. The molecule has 7 nitrogen and oxygen atoms in total. The van der Waals surface area contributed by atoms with Gasteiger partial charge in [-0.3, -0.25) is 4.79 Å². The second-order valence-electron chi connectivity index (χ2n) is 6.16. The van der Waals surface area contributed by atoms with Crippen molar-refractivity contribution in [2.45, 2.75) is 37.1 Å². The van der Waals surface area contributed by atoms with Gasteiger partial charge in [-0.15, -0.1) is 0 Å². The molecule has 7 heteroatoms. The van der Waals surface area contributed by atoms with Crippen molar-refractivity contribution in [2.75, 3.05) is 7.11 Å². The van der Waals surface area contributed by atoms with Crippen LogP contribution in [0.2, 0.25) is 0 Å². The van der Waals surface area contributed by atoms with E-state index in [1.165, 1.54) is 7.11 Å². The minimum atomic E-state index is -1.63. The lowest BCUT2D eigenvalue weighted by Gasteiger charge is -2.35. The molecule has 0 aromatic heterocycles. The summed E-state index contributed by atoms with van der Waals surface area (Å²) in [7, 11) is 1.25. The first kappa shape index (κ1) is 16.4. The second kappa shape index (κ2) is 6.24. The summed E-state index contributed by atoms with van der Waals surface area (Å²) >= 11 is 0. The highest BCUT2D eigenvalue weighted by Crippen LogP contribution is 2.43. The third kappa shape index (κ3) is 2.99. The van der Waals surface area contributed by atoms with Crippen LogP contribution in [0.5, 0.6) is 0 Å². The first-order valence-corrected chi connectivity index (χ1v) is 7.69. The van der Waals surface area contributed by atoms with Gasteiger partial charge in [-0.2, -0.15) is 0 Å². The summed E-state index contributed by atoms with van der Waals surface area (Å²) in [6.07, 6.45) is -1.60. The molecule has 0 radical (unpaired) electrons. The van der Waals surface area contributed by atoms with Crippen molar-refractivity contribution in [3.8, 4) is 0 Å². The molecule has 4 atom stereocenters. The molecule has 1 aromatic carbocycles. The van der Waals surface area contributed by atoms with Crippen molar-refractivity contribution in [3.63, 3.8) is 0 Å². The Balaban J connectivity index is 1.81. The van der Waals surface area contributed by atoms with Crippen molar-refractivity contribution in [1.29, 1.82) is 0 Å². The Morgan fingerprint density at radius 2 is 2.00 bits per heavy atom. The quantitative estimate of drug-likeness (QED) is 0.643. The largest absolute Gasteiger partial charge is 0.469 e. The van der Waals surface area contributed by atoms with E-state index in [1.807, 2.05) is 0 Å². The van der Waals surface area contributed by atoms with Gasteiger partial charge in [0.25, 0.3) is 0 Å². The van der Waals surface area contributed by atoms with Gasteiger partial charge in [0.2, 0.25) is 0 Å².